The number of ketones is 1. The Morgan fingerprint density at radius 2 is 1.81 bits per heavy atom. The van der Waals surface area contributed by atoms with E-state index in [2.05, 4.69) is 4.98 Å². The number of rotatable bonds is 6. The minimum Gasteiger partial charge on any atom is -0.454 e. The number of carbonyl (C=O) groups is 1. The van der Waals surface area contributed by atoms with Crippen LogP contribution in [0.15, 0.2) is 59.6 Å². The molecule has 1 aliphatic heterocycles. The quantitative estimate of drug-likeness (QED) is 0.613. The van der Waals surface area contributed by atoms with E-state index in [4.69, 9.17) is 14.6 Å². The van der Waals surface area contributed by atoms with Gasteiger partial charge in [-0.3, -0.25) is 9.78 Å². The van der Waals surface area contributed by atoms with Crippen LogP contribution in [0.25, 0.3) is 11.1 Å². The van der Waals surface area contributed by atoms with Crippen LogP contribution in [0, 0.1) is 6.92 Å². The van der Waals surface area contributed by atoms with E-state index in [0.29, 0.717) is 17.2 Å². The lowest BCUT2D eigenvalue weighted by atomic mass is 9.88. The number of fused-ring (bicyclic) bond motifs is 1. The Morgan fingerprint density at radius 1 is 1.09 bits per heavy atom. The zero-order valence-corrected chi connectivity index (χ0v) is 18.3. The van der Waals surface area contributed by atoms with E-state index < -0.39 is 15.4 Å². The van der Waals surface area contributed by atoms with E-state index in [0.717, 1.165) is 35.1 Å². The second kappa shape index (κ2) is 7.43. The van der Waals surface area contributed by atoms with Gasteiger partial charge in [-0.05, 0) is 66.8 Å². The number of benzene rings is 2. The van der Waals surface area contributed by atoms with Gasteiger partial charge in [-0.1, -0.05) is 18.2 Å². The first kappa shape index (κ1) is 20.7. The predicted octanol–water partition coefficient (Wildman–Crippen LogP) is 3.52. The van der Waals surface area contributed by atoms with Crippen LogP contribution < -0.4 is 14.6 Å². The predicted molar refractivity (Wildman–Crippen MR) is 120 cm³/mol. The van der Waals surface area contributed by atoms with Crippen LogP contribution in [0.3, 0.4) is 0 Å². The van der Waals surface area contributed by atoms with Crippen molar-refractivity contribution in [2.45, 2.75) is 36.5 Å². The van der Waals surface area contributed by atoms with E-state index in [9.17, 15) is 13.2 Å². The van der Waals surface area contributed by atoms with E-state index in [1.807, 2.05) is 31.2 Å². The van der Waals surface area contributed by atoms with Crippen molar-refractivity contribution < 1.29 is 24.1 Å². The van der Waals surface area contributed by atoms with Gasteiger partial charge in [0.2, 0.25) is 16.8 Å². The highest BCUT2D eigenvalue weighted by molar-refractivity contribution is 7.89. The van der Waals surface area contributed by atoms with Crippen molar-refractivity contribution in [3.05, 3.63) is 71.5 Å². The van der Waals surface area contributed by atoms with Gasteiger partial charge in [-0.2, -0.15) is 0 Å². The van der Waals surface area contributed by atoms with Gasteiger partial charge >= 0.3 is 0 Å². The molecule has 8 heteroatoms. The highest BCUT2D eigenvalue weighted by Gasteiger charge is 2.51. The van der Waals surface area contributed by atoms with Gasteiger partial charge in [0.05, 0.1) is 10.3 Å². The SMILES string of the molecule is Cc1cc(CC(=O)C2(c3ccc4c(c3)OCO4)CC2)ncc1-c1ccc(S(N)(=O)=O)cc1.[HH]. The van der Waals surface area contributed by atoms with E-state index in [1.165, 1.54) is 12.1 Å². The van der Waals surface area contributed by atoms with Crippen molar-refractivity contribution >= 4 is 15.8 Å². The number of Topliss-reactive ketones (excluding diaryl/α,β-unsaturated/α-hetero) is 1. The summed E-state index contributed by atoms with van der Waals surface area (Å²) in [7, 11) is -3.73. The minimum absolute atomic E-state index is 0. The summed E-state index contributed by atoms with van der Waals surface area (Å²) in [5.41, 5.74) is 3.87. The summed E-state index contributed by atoms with van der Waals surface area (Å²) >= 11 is 0. The molecule has 0 saturated heterocycles. The number of aromatic nitrogens is 1. The molecule has 3 aromatic rings. The second-order valence-electron chi connectivity index (χ2n) is 8.31. The van der Waals surface area contributed by atoms with Crippen LogP contribution >= 0.6 is 0 Å². The van der Waals surface area contributed by atoms with Crippen LogP contribution in [-0.2, 0) is 26.7 Å². The average molecular weight is 453 g/mol. The Kier molecular flexibility index (Phi) is 4.79. The van der Waals surface area contributed by atoms with Crippen molar-refractivity contribution in [2.75, 3.05) is 6.79 Å². The Labute approximate surface area is 187 Å². The largest absolute Gasteiger partial charge is 0.454 e. The number of ether oxygens (including phenoxy) is 2. The zero-order chi connectivity index (χ0) is 22.5. The number of sulfonamides is 1. The van der Waals surface area contributed by atoms with Crippen LogP contribution in [-0.4, -0.2) is 26.0 Å². The second-order valence-corrected chi connectivity index (χ2v) is 9.87. The van der Waals surface area contributed by atoms with Crippen molar-refractivity contribution in [2.24, 2.45) is 5.14 Å². The fourth-order valence-corrected chi connectivity index (χ4v) is 4.73. The van der Waals surface area contributed by atoms with Crippen molar-refractivity contribution in [3.8, 4) is 22.6 Å². The topological polar surface area (TPSA) is 109 Å². The van der Waals surface area contributed by atoms with Crippen molar-refractivity contribution in [1.29, 1.82) is 0 Å². The summed E-state index contributed by atoms with van der Waals surface area (Å²) in [6.07, 6.45) is 3.61. The molecule has 1 saturated carbocycles. The lowest BCUT2D eigenvalue weighted by Crippen LogP contribution is -2.23. The number of hydrogen-bond donors (Lipinski definition) is 1. The molecule has 1 aliphatic carbocycles. The smallest absolute Gasteiger partial charge is 0.238 e. The van der Waals surface area contributed by atoms with Crippen molar-refractivity contribution in [1.82, 2.24) is 4.98 Å². The first-order valence-corrected chi connectivity index (χ1v) is 11.8. The summed E-state index contributed by atoms with van der Waals surface area (Å²) in [4.78, 5) is 17.8. The van der Waals surface area contributed by atoms with Crippen LogP contribution in [0.5, 0.6) is 11.5 Å². The molecule has 32 heavy (non-hydrogen) atoms. The number of hydrogen-bond acceptors (Lipinski definition) is 6. The molecule has 7 nitrogen and oxygen atoms in total. The van der Waals surface area contributed by atoms with E-state index in [-0.39, 0.29) is 25.3 Å². The fourth-order valence-electron chi connectivity index (χ4n) is 4.22. The van der Waals surface area contributed by atoms with E-state index in [1.54, 1.807) is 18.3 Å². The molecule has 1 aromatic heterocycles. The molecule has 0 atom stereocenters. The van der Waals surface area contributed by atoms with Gasteiger partial charge in [-0.25, -0.2) is 13.6 Å². The normalized spacial score (nSPS) is 16.1. The first-order chi connectivity index (χ1) is 15.3. The Balaban J connectivity index is 0.00000259. The lowest BCUT2D eigenvalue weighted by molar-refractivity contribution is -0.120. The molecule has 0 radical (unpaired) electrons. The molecule has 2 aliphatic rings. The third-order valence-electron chi connectivity index (χ3n) is 6.21. The molecule has 0 unspecified atom stereocenters. The maximum atomic E-state index is 13.2. The summed E-state index contributed by atoms with van der Waals surface area (Å²) in [5.74, 6) is 1.55. The van der Waals surface area contributed by atoms with Crippen LogP contribution in [0.1, 0.15) is 31.1 Å². The van der Waals surface area contributed by atoms with Gasteiger partial charge in [0.1, 0.15) is 5.78 Å². The molecule has 0 amide bonds. The number of pyridine rings is 1. The van der Waals surface area contributed by atoms with Gasteiger partial charge in [0.15, 0.2) is 11.5 Å². The maximum absolute atomic E-state index is 13.2. The Morgan fingerprint density at radius 3 is 2.47 bits per heavy atom. The van der Waals surface area contributed by atoms with Gasteiger partial charge in [0.25, 0.3) is 0 Å². The molecule has 2 N–H and O–H groups in total. The number of nitrogens with zero attached hydrogens (tertiary/aromatic N) is 1. The van der Waals surface area contributed by atoms with Crippen LogP contribution in [0.2, 0.25) is 0 Å². The van der Waals surface area contributed by atoms with Crippen LogP contribution in [0.4, 0.5) is 0 Å². The highest BCUT2D eigenvalue weighted by Crippen LogP contribution is 2.51. The molecule has 1 fully saturated rings. The third-order valence-corrected chi connectivity index (χ3v) is 7.14. The number of aryl methyl sites for hydroxylation is 1. The maximum Gasteiger partial charge on any atom is 0.238 e. The van der Waals surface area contributed by atoms with Gasteiger partial charge in [-0.15, -0.1) is 0 Å². The fraction of sp³-hybridized carbons (Fsp3) is 0.250. The van der Waals surface area contributed by atoms with E-state index >= 15 is 0 Å². The lowest BCUT2D eigenvalue weighted by Gasteiger charge is -2.15. The number of nitrogens with two attached hydrogens (primary N) is 1. The molecule has 2 aromatic carbocycles. The molecular weight excluding hydrogens is 428 g/mol. The molecule has 2 heterocycles. The molecule has 0 bridgehead atoms. The molecular formula is C24H24N2O5S. The van der Waals surface area contributed by atoms with Crippen molar-refractivity contribution in [3.63, 3.8) is 0 Å². The molecule has 0 spiro atoms. The standard InChI is InChI=1S/C24H22N2O5S.H2/c1-15-10-18(26-13-20(15)16-2-5-19(6-3-16)32(25,28)29)12-23(27)24(8-9-24)17-4-7-21-22(11-17)31-14-30-21;/h2-7,10-11,13H,8-9,12,14H2,1H3,(H2,25,28,29);1H. The third kappa shape index (κ3) is 3.65. The minimum atomic E-state index is -3.73. The highest BCUT2D eigenvalue weighted by atomic mass is 32.2. The van der Waals surface area contributed by atoms with Gasteiger partial charge < -0.3 is 9.47 Å². The summed E-state index contributed by atoms with van der Waals surface area (Å²) < 4.78 is 33.8. The summed E-state index contributed by atoms with van der Waals surface area (Å²) in [5, 5.41) is 5.17. The zero-order valence-electron chi connectivity index (χ0n) is 17.5. The number of carbonyl (C=O) groups excluding carboxylic acids is 1. The first-order valence-electron chi connectivity index (χ1n) is 10.3. The molecule has 5 rings (SSSR count). The number of primary sulfonamides is 1. The monoisotopic (exact) mass is 452 g/mol. The average Bonchev–Trinajstić information content (AvgIpc) is 3.44. The summed E-state index contributed by atoms with van der Waals surface area (Å²) in [6.45, 7) is 2.16. The van der Waals surface area contributed by atoms with Gasteiger partial charge in [0, 0.05) is 25.3 Å². The molecule has 166 valence electrons. The Bertz CT molecular complexity index is 1340. The summed E-state index contributed by atoms with van der Waals surface area (Å²) in [6, 6.07) is 14.0. The Hall–Kier alpha value is -3.23.